The molecule has 0 spiro atoms. The Hall–Kier alpha value is -3.98. The Morgan fingerprint density at radius 3 is 2.56 bits per heavy atom. The number of Topliss-reactive ketones (excluding diaryl/α,β-unsaturated/α-hetero) is 1. The van der Waals surface area contributed by atoms with Gasteiger partial charge in [0.1, 0.15) is 18.1 Å². The number of carbonyl (C=O) groups is 2. The molecule has 1 atom stereocenters. The lowest BCUT2D eigenvalue weighted by Gasteiger charge is -2.25. The van der Waals surface area contributed by atoms with Crippen LogP contribution in [0.3, 0.4) is 0 Å². The second kappa shape index (κ2) is 10.8. The number of nitrogens with zero attached hydrogens (tertiary/aromatic N) is 3. The van der Waals surface area contributed by atoms with E-state index >= 15 is 0 Å². The fraction of sp³-hybridized carbons (Fsp3) is 0.280. The highest BCUT2D eigenvalue weighted by Crippen LogP contribution is 2.40. The summed E-state index contributed by atoms with van der Waals surface area (Å²) in [5.74, 6) is -1.37. The van der Waals surface area contributed by atoms with Crippen molar-refractivity contribution < 1.29 is 24.4 Å². The minimum Gasteiger partial charge on any atom is -0.507 e. The first kappa shape index (κ1) is 24.7. The molecule has 1 N–H and O–H groups in total. The Morgan fingerprint density at radius 2 is 1.94 bits per heavy atom. The molecule has 178 valence electrons. The number of hydrogen-bond donors (Lipinski definition) is 1. The molecular weight excluding hydrogens is 438 g/mol. The molecule has 1 aliphatic rings. The lowest BCUT2D eigenvalue weighted by Crippen LogP contribution is -2.32. The lowest BCUT2D eigenvalue weighted by molar-refractivity contribution is -0.384. The summed E-state index contributed by atoms with van der Waals surface area (Å²) < 4.78 is 5.45. The number of non-ortho nitro benzene ring substituents is 1. The van der Waals surface area contributed by atoms with E-state index in [1.165, 1.54) is 23.1 Å². The van der Waals surface area contributed by atoms with E-state index < -0.39 is 22.7 Å². The number of ketones is 1. The number of benzene rings is 2. The van der Waals surface area contributed by atoms with Crippen LogP contribution in [-0.2, 0) is 9.59 Å². The van der Waals surface area contributed by atoms with E-state index in [1.807, 2.05) is 19.0 Å². The lowest BCUT2D eigenvalue weighted by atomic mass is 9.95. The maximum absolute atomic E-state index is 13.0. The van der Waals surface area contributed by atoms with Crippen LogP contribution in [-0.4, -0.2) is 65.3 Å². The summed E-state index contributed by atoms with van der Waals surface area (Å²) in [5.41, 5.74) is 0.439. The predicted octanol–water partition coefficient (Wildman–Crippen LogP) is 3.53. The number of carbonyl (C=O) groups excluding carboxylic acids is 2. The van der Waals surface area contributed by atoms with Gasteiger partial charge in [0, 0.05) is 24.2 Å². The van der Waals surface area contributed by atoms with Gasteiger partial charge in [-0.1, -0.05) is 24.8 Å². The molecule has 1 amide bonds. The smallest absolute Gasteiger partial charge is 0.295 e. The average Bonchev–Trinajstić information content (AvgIpc) is 3.07. The van der Waals surface area contributed by atoms with Gasteiger partial charge in [-0.25, -0.2) is 0 Å². The third kappa shape index (κ3) is 5.32. The van der Waals surface area contributed by atoms with Crippen LogP contribution in [0.1, 0.15) is 23.6 Å². The highest BCUT2D eigenvalue weighted by molar-refractivity contribution is 6.46. The van der Waals surface area contributed by atoms with E-state index in [4.69, 9.17) is 4.74 Å². The number of amides is 1. The van der Waals surface area contributed by atoms with Crippen LogP contribution >= 0.6 is 0 Å². The van der Waals surface area contributed by atoms with Gasteiger partial charge < -0.3 is 19.6 Å². The summed E-state index contributed by atoms with van der Waals surface area (Å²) in [6.45, 7) is 4.83. The summed E-state index contributed by atoms with van der Waals surface area (Å²) >= 11 is 0. The molecule has 1 saturated heterocycles. The summed E-state index contributed by atoms with van der Waals surface area (Å²) in [6, 6.07) is 11.3. The maximum atomic E-state index is 13.0. The molecule has 1 heterocycles. The predicted molar refractivity (Wildman–Crippen MR) is 127 cm³/mol. The number of ether oxygens (including phenoxy) is 1. The van der Waals surface area contributed by atoms with Gasteiger partial charge in [0.2, 0.25) is 0 Å². The zero-order valence-corrected chi connectivity index (χ0v) is 19.1. The number of likely N-dealkylation sites (tertiary alicyclic amines) is 1. The molecule has 0 saturated carbocycles. The third-order valence-corrected chi connectivity index (χ3v) is 5.44. The highest BCUT2D eigenvalue weighted by Gasteiger charge is 2.46. The SMILES string of the molecule is C=CCOc1ccc(/C(O)=C2/C(=O)C(=O)N(CCCN(C)C)C2c2cccc([N+](=O)[O-])c2)cc1. The second-order valence-corrected chi connectivity index (χ2v) is 8.13. The van der Waals surface area contributed by atoms with Crippen molar-refractivity contribution in [2.45, 2.75) is 12.5 Å². The first-order chi connectivity index (χ1) is 16.2. The van der Waals surface area contributed by atoms with E-state index in [2.05, 4.69) is 6.58 Å². The third-order valence-electron chi connectivity index (χ3n) is 5.44. The number of hydrogen-bond acceptors (Lipinski definition) is 7. The number of aliphatic hydroxyl groups is 1. The van der Waals surface area contributed by atoms with Crippen molar-refractivity contribution in [3.63, 3.8) is 0 Å². The molecule has 0 aromatic heterocycles. The average molecular weight is 466 g/mol. The monoisotopic (exact) mass is 465 g/mol. The van der Waals surface area contributed by atoms with Crippen molar-refractivity contribution in [3.8, 4) is 5.75 Å². The van der Waals surface area contributed by atoms with Crippen molar-refractivity contribution >= 4 is 23.1 Å². The molecule has 1 unspecified atom stereocenters. The minimum atomic E-state index is -0.946. The fourth-order valence-electron chi connectivity index (χ4n) is 3.84. The zero-order valence-electron chi connectivity index (χ0n) is 19.1. The van der Waals surface area contributed by atoms with E-state index in [-0.39, 0.29) is 23.6 Å². The molecule has 2 aromatic carbocycles. The molecule has 2 aromatic rings. The Labute approximate surface area is 197 Å². The quantitative estimate of drug-likeness (QED) is 0.143. The molecule has 0 radical (unpaired) electrons. The van der Waals surface area contributed by atoms with Crippen LogP contribution in [0.4, 0.5) is 5.69 Å². The van der Waals surface area contributed by atoms with Gasteiger partial charge in [-0.2, -0.15) is 0 Å². The molecule has 9 nitrogen and oxygen atoms in total. The van der Waals surface area contributed by atoms with Crippen LogP contribution in [0.25, 0.3) is 5.76 Å². The van der Waals surface area contributed by atoms with Crippen LogP contribution < -0.4 is 4.74 Å². The molecule has 1 fully saturated rings. The van der Waals surface area contributed by atoms with Crippen molar-refractivity contribution in [1.82, 2.24) is 9.80 Å². The Bertz CT molecular complexity index is 1120. The van der Waals surface area contributed by atoms with Crippen LogP contribution in [0, 0.1) is 10.1 Å². The van der Waals surface area contributed by atoms with E-state index in [1.54, 1.807) is 36.4 Å². The van der Waals surface area contributed by atoms with Crippen molar-refractivity contribution in [2.75, 3.05) is 33.8 Å². The highest BCUT2D eigenvalue weighted by atomic mass is 16.6. The minimum absolute atomic E-state index is 0.102. The number of rotatable bonds is 10. The second-order valence-electron chi connectivity index (χ2n) is 8.13. The van der Waals surface area contributed by atoms with Crippen LogP contribution in [0.5, 0.6) is 5.75 Å². The molecule has 1 aliphatic heterocycles. The Kier molecular flexibility index (Phi) is 7.80. The van der Waals surface area contributed by atoms with Gasteiger partial charge in [0.15, 0.2) is 0 Å². The van der Waals surface area contributed by atoms with Gasteiger partial charge in [-0.3, -0.25) is 19.7 Å². The fourth-order valence-corrected chi connectivity index (χ4v) is 3.84. The molecule has 3 rings (SSSR count). The van der Waals surface area contributed by atoms with Crippen molar-refractivity contribution in [3.05, 3.63) is 88.0 Å². The summed E-state index contributed by atoms with van der Waals surface area (Å²) in [7, 11) is 3.79. The van der Waals surface area contributed by atoms with Crippen LogP contribution in [0.2, 0.25) is 0 Å². The van der Waals surface area contributed by atoms with Crippen LogP contribution in [0.15, 0.2) is 66.8 Å². The Balaban J connectivity index is 2.07. The molecule has 34 heavy (non-hydrogen) atoms. The number of aliphatic hydroxyl groups excluding tert-OH is 1. The van der Waals surface area contributed by atoms with Gasteiger partial charge in [0.05, 0.1) is 16.5 Å². The molecular formula is C25H27N3O6. The van der Waals surface area contributed by atoms with Gasteiger partial charge in [0.25, 0.3) is 17.4 Å². The molecule has 0 bridgehead atoms. The first-order valence-corrected chi connectivity index (χ1v) is 10.8. The normalized spacial score (nSPS) is 17.3. The van der Waals surface area contributed by atoms with Crippen molar-refractivity contribution in [2.24, 2.45) is 0 Å². The standard InChI is InChI=1S/C25H27N3O6/c1-4-15-34-20-11-9-17(10-12-20)23(29)21-22(18-7-5-8-19(16-18)28(32)33)27(25(31)24(21)30)14-6-13-26(2)3/h4-5,7-12,16,22,29H,1,6,13-15H2,2-3H3/b23-21-. The number of nitro benzene ring substituents is 1. The topological polar surface area (TPSA) is 113 Å². The Morgan fingerprint density at radius 1 is 1.24 bits per heavy atom. The molecule has 9 heteroatoms. The van der Waals surface area contributed by atoms with Crippen molar-refractivity contribution in [1.29, 1.82) is 0 Å². The summed E-state index contributed by atoms with van der Waals surface area (Å²) in [6.07, 6.45) is 2.19. The first-order valence-electron chi connectivity index (χ1n) is 10.8. The largest absolute Gasteiger partial charge is 0.507 e. The molecule has 0 aliphatic carbocycles. The van der Waals surface area contributed by atoms with Gasteiger partial charge >= 0.3 is 0 Å². The van der Waals surface area contributed by atoms with E-state index in [9.17, 15) is 24.8 Å². The summed E-state index contributed by atoms with van der Waals surface area (Å²) in [5, 5.41) is 22.4. The zero-order chi connectivity index (χ0) is 24.8. The van der Waals surface area contributed by atoms with E-state index in [0.29, 0.717) is 36.4 Å². The maximum Gasteiger partial charge on any atom is 0.295 e. The number of nitro groups is 1. The summed E-state index contributed by atoms with van der Waals surface area (Å²) in [4.78, 5) is 40.1. The van der Waals surface area contributed by atoms with Gasteiger partial charge in [-0.05, 0) is 56.9 Å². The van der Waals surface area contributed by atoms with Gasteiger partial charge in [-0.15, -0.1) is 0 Å². The van der Waals surface area contributed by atoms with E-state index in [0.717, 1.165) is 0 Å².